The fraction of sp³-hybridized carbons (Fsp3) is 1.00. The maximum Gasteiger partial charge on any atom is 0.0589 e. The summed E-state index contributed by atoms with van der Waals surface area (Å²) in [6, 6.07) is 0.571. The molecule has 13 heavy (non-hydrogen) atoms. The van der Waals surface area contributed by atoms with Gasteiger partial charge in [-0.1, -0.05) is 13.8 Å². The molecular weight excluding hydrogens is 164 g/mol. The van der Waals surface area contributed by atoms with Crippen LogP contribution in [0, 0.1) is 0 Å². The van der Waals surface area contributed by atoms with Gasteiger partial charge in [-0.05, 0) is 20.0 Å². The number of nitrogens with one attached hydrogen (secondary N) is 1. The van der Waals surface area contributed by atoms with Crippen molar-refractivity contribution < 1.29 is 4.74 Å². The highest BCUT2D eigenvalue weighted by Gasteiger charge is 2.06. The van der Waals surface area contributed by atoms with Crippen LogP contribution in [0.3, 0.4) is 0 Å². The Bertz CT molecular complexity index is 109. The number of ether oxygens (including phenoxy) is 1. The highest BCUT2D eigenvalue weighted by atomic mass is 16.5. The van der Waals surface area contributed by atoms with E-state index in [1.807, 2.05) is 0 Å². The summed E-state index contributed by atoms with van der Waals surface area (Å²) in [7, 11) is 1.75. The second-order valence-electron chi connectivity index (χ2n) is 3.34. The van der Waals surface area contributed by atoms with E-state index in [2.05, 4.69) is 31.0 Å². The Morgan fingerprint density at radius 2 is 2.08 bits per heavy atom. The fourth-order valence-corrected chi connectivity index (χ4v) is 1.40. The first-order valence-corrected chi connectivity index (χ1v) is 5.19. The summed E-state index contributed by atoms with van der Waals surface area (Å²) in [5.41, 5.74) is 0. The van der Waals surface area contributed by atoms with E-state index in [0.29, 0.717) is 6.04 Å². The van der Waals surface area contributed by atoms with Gasteiger partial charge < -0.3 is 10.1 Å². The number of methoxy groups -OCH3 is 1. The van der Waals surface area contributed by atoms with Gasteiger partial charge in [0.2, 0.25) is 0 Å². The van der Waals surface area contributed by atoms with Crippen LogP contribution >= 0.6 is 0 Å². The molecule has 0 aliphatic carbocycles. The van der Waals surface area contributed by atoms with E-state index in [4.69, 9.17) is 4.74 Å². The van der Waals surface area contributed by atoms with Gasteiger partial charge in [-0.2, -0.15) is 0 Å². The van der Waals surface area contributed by atoms with Gasteiger partial charge in [0, 0.05) is 26.2 Å². The molecule has 0 aromatic heterocycles. The summed E-state index contributed by atoms with van der Waals surface area (Å²) in [5.74, 6) is 0. The van der Waals surface area contributed by atoms with E-state index in [1.54, 1.807) is 7.11 Å². The number of hydrogen-bond donors (Lipinski definition) is 1. The molecule has 0 saturated heterocycles. The van der Waals surface area contributed by atoms with Crippen LogP contribution in [0.5, 0.6) is 0 Å². The molecule has 0 fully saturated rings. The predicted octanol–water partition coefficient (Wildman–Crippen LogP) is 0.953. The van der Waals surface area contributed by atoms with Crippen LogP contribution in [0.1, 0.15) is 20.8 Å². The van der Waals surface area contributed by atoms with E-state index in [0.717, 1.165) is 32.8 Å². The smallest absolute Gasteiger partial charge is 0.0589 e. The minimum absolute atomic E-state index is 0.571. The average molecular weight is 188 g/mol. The van der Waals surface area contributed by atoms with Crippen LogP contribution in [0.2, 0.25) is 0 Å². The number of nitrogens with zero attached hydrogens (tertiary/aromatic N) is 1. The lowest BCUT2D eigenvalue weighted by molar-refractivity contribution is 0.145. The van der Waals surface area contributed by atoms with Crippen molar-refractivity contribution in [2.45, 2.75) is 26.8 Å². The second-order valence-corrected chi connectivity index (χ2v) is 3.34. The molecule has 0 rings (SSSR count). The third-order valence-corrected chi connectivity index (χ3v) is 2.14. The lowest BCUT2D eigenvalue weighted by Crippen LogP contribution is -2.40. The molecule has 0 radical (unpaired) electrons. The molecule has 80 valence electrons. The Morgan fingerprint density at radius 1 is 1.38 bits per heavy atom. The quantitative estimate of drug-likeness (QED) is 0.614. The topological polar surface area (TPSA) is 24.5 Å². The summed E-state index contributed by atoms with van der Waals surface area (Å²) in [5, 5.41) is 3.40. The monoisotopic (exact) mass is 188 g/mol. The van der Waals surface area contributed by atoms with E-state index in [9.17, 15) is 0 Å². The standard InChI is InChI=1S/C10H24N2O/c1-5-11-10(3)9-12(6-2)7-8-13-4/h10-11H,5-9H2,1-4H3. The molecule has 0 aromatic rings. The zero-order valence-electron chi connectivity index (χ0n) is 9.47. The van der Waals surface area contributed by atoms with Crippen molar-refractivity contribution in [3.05, 3.63) is 0 Å². The Kier molecular flexibility index (Phi) is 8.40. The number of likely N-dealkylation sites (N-methyl/N-ethyl adjacent to an activating group) is 2. The Labute approximate surface area is 82.4 Å². The molecule has 0 heterocycles. The van der Waals surface area contributed by atoms with Gasteiger partial charge in [0.05, 0.1) is 6.61 Å². The maximum atomic E-state index is 5.05. The molecule has 0 aliphatic heterocycles. The molecule has 0 aromatic carbocycles. The Morgan fingerprint density at radius 3 is 2.54 bits per heavy atom. The molecule has 3 nitrogen and oxygen atoms in total. The molecule has 0 bridgehead atoms. The molecule has 0 aliphatic rings. The van der Waals surface area contributed by atoms with E-state index in [-0.39, 0.29) is 0 Å². The van der Waals surface area contributed by atoms with E-state index < -0.39 is 0 Å². The van der Waals surface area contributed by atoms with Gasteiger partial charge in [-0.25, -0.2) is 0 Å². The average Bonchev–Trinajstić information content (AvgIpc) is 2.12. The largest absolute Gasteiger partial charge is 0.383 e. The molecule has 0 amide bonds. The number of hydrogen-bond acceptors (Lipinski definition) is 3. The van der Waals surface area contributed by atoms with Crippen LogP contribution in [0.4, 0.5) is 0 Å². The van der Waals surface area contributed by atoms with Crippen molar-refractivity contribution in [1.29, 1.82) is 0 Å². The maximum absolute atomic E-state index is 5.05. The lowest BCUT2D eigenvalue weighted by atomic mass is 10.3. The Balaban J connectivity index is 3.56. The summed E-state index contributed by atoms with van der Waals surface area (Å²) < 4.78 is 5.05. The van der Waals surface area contributed by atoms with Crippen molar-refractivity contribution in [2.24, 2.45) is 0 Å². The second kappa shape index (κ2) is 8.48. The van der Waals surface area contributed by atoms with Crippen molar-refractivity contribution in [1.82, 2.24) is 10.2 Å². The van der Waals surface area contributed by atoms with Crippen LogP contribution in [-0.2, 0) is 4.74 Å². The van der Waals surface area contributed by atoms with Crippen molar-refractivity contribution >= 4 is 0 Å². The normalized spacial score (nSPS) is 13.6. The zero-order valence-corrected chi connectivity index (χ0v) is 9.47. The first-order chi connectivity index (χ1) is 6.24. The highest BCUT2D eigenvalue weighted by molar-refractivity contribution is 4.65. The molecular formula is C10H24N2O. The highest BCUT2D eigenvalue weighted by Crippen LogP contribution is 1.91. The summed E-state index contributed by atoms with van der Waals surface area (Å²) >= 11 is 0. The van der Waals surface area contributed by atoms with Gasteiger partial charge in [-0.15, -0.1) is 0 Å². The molecule has 3 heteroatoms. The van der Waals surface area contributed by atoms with Gasteiger partial charge >= 0.3 is 0 Å². The van der Waals surface area contributed by atoms with Crippen molar-refractivity contribution in [3.8, 4) is 0 Å². The Hall–Kier alpha value is -0.120. The van der Waals surface area contributed by atoms with Crippen LogP contribution < -0.4 is 5.32 Å². The zero-order chi connectivity index (χ0) is 10.1. The third kappa shape index (κ3) is 6.99. The SMILES string of the molecule is CCNC(C)CN(CC)CCOC. The minimum atomic E-state index is 0.571. The van der Waals surface area contributed by atoms with E-state index >= 15 is 0 Å². The van der Waals surface area contributed by atoms with Crippen LogP contribution in [0.25, 0.3) is 0 Å². The van der Waals surface area contributed by atoms with Gasteiger partial charge in [0.15, 0.2) is 0 Å². The summed E-state index contributed by atoms with van der Waals surface area (Å²) in [4.78, 5) is 2.40. The fourth-order valence-electron chi connectivity index (χ4n) is 1.40. The minimum Gasteiger partial charge on any atom is -0.383 e. The van der Waals surface area contributed by atoms with Crippen molar-refractivity contribution in [2.75, 3.05) is 39.9 Å². The van der Waals surface area contributed by atoms with Gasteiger partial charge in [-0.3, -0.25) is 4.90 Å². The summed E-state index contributed by atoms with van der Waals surface area (Å²) in [6.07, 6.45) is 0. The van der Waals surface area contributed by atoms with Gasteiger partial charge in [0.25, 0.3) is 0 Å². The lowest BCUT2D eigenvalue weighted by Gasteiger charge is -2.24. The molecule has 1 atom stereocenters. The molecule has 1 N–H and O–H groups in total. The third-order valence-electron chi connectivity index (χ3n) is 2.14. The van der Waals surface area contributed by atoms with Crippen molar-refractivity contribution in [3.63, 3.8) is 0 Å². The molecule has 1 unspecified atom stereocenters. The molecule has 0 spiro atoms. The van der Waals surface area contributed by atoms with Crippen LogP contribution in [-0.4, -0.2) is 50.8 Å². The first-order valence-electron chi connectivity index (χ1n) is 5.19. The van der Waals surface area contributed by atoms with Crippen LogP contribution in [0.15, 0.2) is 0 Å². The number of rotatable bonds is 8. The predicted molar refractivity (Wildman–Crippen MR) is 57.1 cm³/mol. The first kappa shape index (κ1) is 12.9. The van der Waals surface area contributed by atoms with E-state index in [1.165, 1.54) is 0 Å². The van der Waals surface area contributed by atoms with Gasteiger partial charge in [0.1, 0.15) is 0 Å². The molecule has 0 saturated carbocycles. The summed E-state index contributed by atoms with van der Waals surface area (Å²) in [6.45, 7) is 11.7.